The lowest BCUT2D eigenvalue weighted by Crippen LogP contribution is -2.43. The van der Waals surface area contributed by atoms with Gasteiger partial charge in [0.1, 0.15) is 11.6 Å². The maximum absolute atomic E-state index is 12.9. The quantitative estimate of drug-likeness (QED) is 0.212. The Morgan fingerprint density at radius 1 is 1.02 bits per heavy atom. The molecule has 15 heteroatoms. The minimum atomic E-state index is -5.04. The fourth-order valence-corrected chi connectivity index (χ4v) is 6.67. The molecule has 3 aromatic heterocycles. The number of rotatable bonds is 7. The summed E-state index contributed by atoms with van der Waals surface area (Å²) in [7, 11) is 0. The minimum Gasteiger partial charge on any atom is -0.383 e. The zero-order valence-electron chi connectivity index (χ0n) is 25.4. The summed E-state index contributed by atoms with van der Waals surface area (Å²) >= 11 is 12.8. The average molecular weight is 677 g/mol. The van der Waals surface area contributed by atoms with Crippen molar-refractivity contribution in [1.82, 2.24) is 29.5 Å². The molecule has 0 aliphatic carbocycles. The third kappa shape index (κ3) is 6.72. The number of nitrogen functional groups attached to an aromatic ring is 1. The summed E-state index contributed by atoms with van der Waals surface area (Å²) < 4.78 is 40.6. The van der Waals surface area contributed by atoms with Gasteiger partial charge in [0.05, 0.1) is 16.3 Å². The lowest BCUT2D eigenvalue weighted by Gasteiger charge is -2.34. The van der Waals surface area contributed by atoms with E-state index in [0.29, 0.717) is 52.0 Å². The van der Waals surface area contributed by atoms with Crippen LogP contribution in [-0.2, 0) is 0 Å². The van der Waals surface area contributed by atoms with Crippen molar-refractivity contribution in [2.24, 2.45) is 0 Å². The number of fused-ring (bicyclic) bond motifs is 1. The third-order valence-corrected chi connectivity index (χ3v) is 9.19. The maximum Gasteiger partial charge on any atom is 0.455 e. The molecule has 244 valence electrons. The van der Waals surface area contributed by atoms with Crippen molar-refractivity contribution in [2.45, 2.75) is 63.7 Å². The van der Waals surface area contributed by atoms with Crippen molar-refractivity contribution in [2.75, 3.05) is 42.1 Å². The van der Waals surface area contributed by atoms with Crippen LogP contribution in [0.15, 0.2) is 36.4 Å². The average Bonchev–Trinajstić information content (AvgIpc) is 3.44. The molecule has 4 aromatic rings. The zero-order chi connectivity index (χ0) is 32.7. The molecular formula is C31H34Cl2F3N9O. The fourth-order valence-electron chi connectivity index (χ4n) is 6.16. The first kappa shape index (κ1) is 32.3. The number of pyridine rings is 1. The highest BCUT2D eigenvalue weighted by molar-refractivity contribution is 6.36. The number of aromatic nitrogens is 5. The Bertz CT molecular complexity index is 1760. The molecule has 0 radical (unpaired) electrons. The Morgan fingerprint density at radius 2 is 1.78 bits per heavy atom. The summed E-state index contributed by atoms with van der Waals surface area (Å²) in [6.07, 6.45) is -1.55. The Labute approximate surface area is 274 Å². The van der Waals surface area contributed by atoms with Crippen molar-refractivity contribution < 1.29 is 18.0 Å². The molecule has 0 spiro atoms. The number of carbonyl (C=O) groups is 1. The van der Waals surface area contributed by atoms with E-state index in [2.05, 4.69) is 33.9 Å². The van der Waals surface area contributed by atoms with Crippen LogP contribution in [0.25, 0.3) is 16.9 Å². The van der Waals surface area contributed by atoms with Gasteiger partial charge in [0, 0.05) is 47.7 Å². The summed E-state index contributed by atoms with van der Waals surface area (Å²) in [4.78, 5) is 30.3. The van der Waals surface area contributed by atoms with Gasteiger partial charge in [-0.3, -0.25) is 4.79 Å². The topological polar surface area (TPSA) is 118 Å². The maximum atomic E-state index is 12.9. The molecule has 0 saturated carbocycles. The second-order valence-electron chi connectivity index (χ2n) is 12.1. The fraction of sp³-hybridized carbons (Fsp3) is 0.452. The monoisotopic (exact) mass is 675 g/mol. The minimum absolute atomic E-state index is 0.146. The van der Waals surface area contributed by atoms with E-state index in [-0.39, 0.29) is 17.8 Å². The number of piperidine rings is 2. The molecule has 1 atom stereocenters. The molecule has 5 heterocycles. The van der Waals surface area contributed by atoms with Crippen molar-refractivity contribution in [1.29, 1.82) is 0 Å². The number of carbonyl (C=O) groups excluding carboxylic acids is 1. The lowest BCUT2D eigenvalue weighted by molar-refractivity contribution is -0.0884. The SMILES string of the molecule is CC(C)N1CCC(c2nc3cc(-c4ccc(Cl)cc4Cl)nc(N4CCCC(Nc5ccc(C(=O)C(F)(F)F)c(N)n5)C4)n3n2)CC1. The van der Waals surface area contributed by atoms with E-state index >= 15 is 0 Å². The predicted octanol–water partition coefficient (Wildman–Crippen LogP) is 6.49. The van der Waals surface area contributed by atoms with Crippen molar-refractivity contribution in [3.05, 3.63) is 57.8 Å². The Hall–Kier alpha value is -3.68. The highest BCUT2D eigenvalue weighted by Crippen LogP contribution is 2.34. The normalized spacial score (nSPS) is 18.4. The number of ketones is 1. The van der Waals surface area contributed by atoms with Crippen LogP contribution in [0.4, 0.5) is 30.8 Å². The van der Waals surface area contributed by atoms with Crippen LogP contribution in [-0.4, -0.2) is 79.7 Å². The molecule has 0 bridgehead atoms. The van der Waals surface area contributed by atoms with E-state index in [1.165, 1.54) is 6.07 Å². The predicted molar refractivity (Wildman–Crippen MR) is 173 cm³/mol. The van der Waals surface area contributed by atoms with E-state index in [9.17, 15) is 18.0 Å². The van der Waals surface area contributed by atoms with Crippen molar-refractivity contribution >= 4 is 52.2 Å². The number of likely N-dealkylation sites (tertiary alicyclic amines) is 1. The third-order valence-electron chi connectivity index (χ3n) is 8.64. The first-order valence-corrected chi connectivity index (χ1v) is 16.0. The van der Waals surface area contributed by atoms with Gasteiger partial charge in [-0.05, 0) is 83.0 Å². The zero-order valence-corrected chi connectivity index (χ0v) is 26.9. The van der Waals surface area contributed by atoms with E-state index < -0.39 is 23.3 Å². The van der Waals surface area contributed by atoms with Gasteiger partial charge in [-0.1, -0.05) is 23.2 Å². The van der Waals surface area contributed by atoms with E-state index in [1.54, 1.807) is 16.6 Å². The molecule has 10 nitrogen and oxygen atoms in total. The van der Waals surface area contributed by atoms with E-state index in [1.807, 2.05) is 12.1 Å². The molecule has 2 saturated heterocycles. The molecule has 3 N–H and O–H groups in total. The molecule has 2 fully saturated rings. The van der Waals surface area contributed by atoms with Gasteiger partial charge in [0.2, 0.25) is 5.95 Å². The number of benzene rings is 1. The van der Waals surface area contributed by atoms with Crippen LogP contribution < -0.4 is 16.0 Å². The first-order chi connectivity index (χ1) is 21.9. The van der Waals surface area contributed by atoms with Gasteiger partial charge in [-0.15, -0.1) is 5.10 Å². The molecule has 46 heavy (non-hydrogen) atoms. The first-order valence-electron chi connectivity index (χ1n) is 15.2. The highest BCUT2D eigenvalue weighted by atomic mass is 35.5. The van der Waals surface area contributed by atoms with Crippen LogP contribution in [0, 0.1) is 0 Å². The standard InChI is InChI=1S/C31H34Cl2F3N9O/c1-17(2)43-12-9-18(10-13-43)29-41-26-15-24(21-6-5-19(32)14-23(21)33)39-30(45(26)42-29)44-11-3-4-20(16-44)38-25-8-7-22(28(37)40-25)27(46)31(34,35)36/h5-8,14-15,17-18,20H,3-4,9-13,16H2,1-2H3,(H3,37,38,40). The summed E-state index contributed by atoms with van der Waals surface area (Å²) in [5.74, 6) is -0.622. The number of nitrogens with two attached hydrogens (primary N) is 1. The Kier molecular flexibility index (Phi) is 9.01. The number of Topliss-reactive ketones (excluding diaryl/α,β-unsaturated/α-hetero) is 1. The summed E-state index contributed by atoms with van der Waals surface area (Å²) in [5.41, 5.74) is 7.07. The number of anilines is 3. The second kappa shape index (κ2) is 12.8. The molecule has 1 unspecified atom stereocenters. The van der Waals surface area contributed by atoms with Gasteiger partial charge in [0.15, 0.2) is 11.5 Å². The van der Waals surface area contributed by atoms with Crippen LogP contribution in [0.2, 0.25) is 10.0 Å². The van der Waals surface area contributed by atoms with Gasteiger partial charge < -0.3 is 20.9 Å². The number of hydrogen-bond acceptors (Lipinski definition) is 9. The molecule has 0 amide bonds. The molecule has 2 aliphatic heterocycles. The van der Waals surface area contributed by atoms with E-state index in [4.69, 9.17) is 44.0 Å². The van der Waals surface area contributed by atoms with Crippen LogP contribution >= 0.6 is 23.2 Å². The Morgan fingerprint density at radius 3 is 2.46 bits per heavy atom. The Balaban J connectivity index is 1.30. The van der Waals surface area contributed by atoms with Crippen LogP contribution in [0.1, 0.15) is 61.6 Å². The molecule has 2 aliphatic rings. The molecule has 6 rings (SSSR count). The largest absolute Gasteiger partial charge is 0.455 e. The van der Waals surface area contributed by atoms with Gasteiger partial charge in [-0.25, -0.2) is 15.0 Å². The lowest BCUT2D eigenvalue weighted by atomic mass is 9.95. The van der Waals surface area contributed by atoms with Gasteiger partial charge in [-0.2, -0.15) is 17.7 Å². The van der Waals surface area contributed by atoms with Crippen molar-refractivity contribution in [3.63, 3.8) is 0 Å². The smallest absolute Gasteiger partial charge is 0.383 e. The summed E-state index contributed by atoms with van der Waals surface area (Å²) in [6.45, 7) is 7.57. The van der Waals surface area contributed by atoms with Crippen LogP contribution in [0.5, 0.6) is 0 Å². The number of nitrogens with zero attached hydrogens (tertiary/aromatic N) is 7. The summed E-state index contributed by atoms with van der Waals surface area (Å²) in [5, 5.41) is 9.22. The second-order valence-corrected chi connectivity index (χ2v) is 12.9. The van der Waals surface area contributed by atoms with Crippen LogP contribution in [0.3, 0.4) is 0 Å². The molecule has 1 aromatic carbocycles. The molecular weight excluding hydrogens is 642 g/mol. The highest BCUT2D eigenvalue weighted by Gasteiger charge is 2.40. The van der Waals surface area contributed by atoms with Gasteiger partial charge in [0.25, 0.3) is 5.78 Å². The number of alkyl halides is 3. The van der Waals surface area contributed by atoms with Crippen molar-refractivity contribution in [3.8, 4) is 11.3 Å². The number of hydrogen-bond donors (Lipinski definition) is 2. The summed E-state index contributed by atoms with van der Waals surface area (Å²) in [6, 6.07) is 9.88. The van der Waals surface area contributed by atoms with E-state index in [0.717, 1.165) is 50.7 Å². The number of halogens is 5. The van der Waals surface area contributed by atoms with Gasteiger partial charge >= 0.3 is 6.18 Å². The number of nitrogens with one attached hydrogen (secondary N) is 1.